The van der Waals surface area contributed by atoms with Gasteiger partial charge in [-0.1, -0.05) is 6.92 Å². The molecule has 0 aromatic heterocycles. The van der Waals surface area contributed by atoms with Crippen molar-refractivity contribution in [2.24, 2.45) is 0 Å². The molecule has 0 aromatic rings. The highest BCUT2D eigenvalue weighted by molar-refractivity contribution is 4.69. The molecule has 2 bridgehead atoms. The second kappa shape index (κ2) is 16.5. The highest BCUT2D eigenvalue weighted by atomic mass is 15.2. The van der Waals surface area contributed by atoms with Gasteiger partial charge in [0.15, 0.2) is 0 Å². The molecule has 28 heavy (non-hydrogen) atoms. The Kier molecular flexibility index (Phi) is 14.1. The predicted octanol–water partition coefficient (Wildman–Crippen LogP) is -2.11. The van der Waals surface area contributed by atoms with Gasteiger partial charge in [-0.15, -0.1) is 0 Å². The van der Waals surface area contributed by atoms with Gasteiger partial charge in [-0.2, -0.15) is 0 Å². The van der Waals surface area contributed by atoms with Crippen molar-refractivity contribution in [2.75, 3.05) is 124 Å². The van der Waals surface area contributed by atoms with Crippen molar-refractivity contribution in [3.05, 3.63) is 0 Å². The Balaban J connectivity index is 1.94. The van der Waals surface area contributed by atoms with Crippen LogP contribution in [0.1, 0.15) is 6.92 Å². The Morgan fingerprint density at radius 1 is 0.429 bits per heavy atom. The van der Waals surface area contributed by atoms with Gasteiger partial charge in [0.1, 0.15) is 0 Å². The fraction of sp³-hybridized carbons (Fsp3) is 1.00. The number of nitrogens with one attached hydrogen (secondary N) is 5. The first kappa shape index (κ1) is 24.0. The van der Waals surface area contributed by atoms with Gasteiger partial charge >= 0.3 is 0 Å². The standard InChI is InChI=1S/C20H46N8/c1-2-26-13-7-25-12-16-27-14-8-21-3-5-23-10-17-28(20-19-26)18-11-24-6-4-22-9-15-27/h21-25H,2-20H2,1H3. The largest absolute Gasteiger partial charge is 0.314 e. The molecular formula is C20H46N8. The number of hydrogen-bond acceptors (Lipinski definition) is 8. The van der Waals surface area contributed by atoms with Crippen LogP contribution in [-0.2, 0) is 0 Å². The maximum absolute atomic E-state index is 3.66. The van der Waals surface area contributed by atoms with E-state index in [0.717, 1.165) is 124 Å². The Bertz CT molecular complexity index is 337. The smallest absolute Gasteiger partial charge is 0.0110 e. The minimum absolute atomic E-state index is 1.05. The molecule has 0 atom stereocenters. The first-order valence-corrected chi connectivity index (χ1v) is 11.6. The van der Waals surface area contributed by atoms with Gasteiger partial charge in [0, 0.05) is 118 Å². The summed E-state index contributed by atoms with van der Waals surface area (Å²) in [5.41, 5.74) is 0. The van der Waals surface area contributed by atoms with E-state index >= 15 is 0 Å². The number of rotatable bonds is 1. The molecule has 3 fully saturated rings. The van der Waals surface area contributed by atoms with Crippen molar-refractivity contribution in [3.8, 4) is 0 Å². The van der Waals surface area contributed by atoms with Crippen LogP contribution in [0.3, 0.4) is 0 Å². The normalized spacial score (nSPS) is 29.9. The second-order valence-electron chi connectivity index (χ2n) is 7.87. The number of fused-ring (bicyclic) bond motifs is 21. The fourth-order valence-electron chi connectivity index (χ4n) is 3.78. The van der Waals surface area contributed by atoms with Crippen LogP contribution in [0.15, 0.2) is 0 Å². The summed E-state index contributed by atoms with van der Waals surface area (Å²) in [7, 11) is 0. The van der Waals surface area contributed by atoms with Crippen molar-refractivity contribution in [1.82, 2.24) is 41.3 Å². The minimum Gasteiger partial charge on any atom is -0.314 e. The van der Waals surface area contributed by atoms with Gasteiger partial charge < -0.3 is 31.5 Å². The summed E-state index contributed by atoms with van der Waals surface area (Å²) in [4.78, 5) is 7.77. The minimum atomic E-state index is 1.05. The number of hydrogen-bond donors (Lipinski definition) is 5. The number of nitrogens with zero attached hydrogens (tertiary/aromatic N) is 3. The highest BCUT2D eigenvalue weighted by Gasteiger charge is 2.10. The van der Waals surface area contributed by atoms with Crippen LogP contribution in [0.2, 0.25) is 0 Å². The third kappa shape index (κ3) is 11.6. The van der Waals surface area contributed by atoms with Crippen LogP contribution in [-0.4, -0.2) is 139 Å². The molecule has 3 aliphatic rings. The lowest BCUT2D eigenvalue weighted by Gasteiger charge is -2.28. The molecule has 3 saturated heterocycles. The van der Waals surface area contributed by atoms with Crippen molar-refractivity contribution < 1.29 is 0 Å². The van der Waals surface area contributed by atoms with Crippen LogP contribution < -0.4 is 26.6 Å². The molecule has 0 aromatic carbocycles. The SMILES string of the molecule is CCN1CCNCCN2CCNCCNCCN(CCNCCNCC2)CC1. The second-order valence-corrected chi connectivity index (χ2v) is 7.87. The zero-order valence-corrected chi connectivity index (χ0v) is 18.3. The van der Waals surface area contributed by atoms with E-state index in [1.807, 2.05) is 0 Å². The van der Waals surface area contributed by atoms with Gasteiger partial charge in [-0.05, 0) is 6.54 Å². The average Bonchev–Trinajstić information content (AvgIpc) is 2.71. The van der Waals surface area contributed by atoms with Gasteiger partial charge in [-0.3, -0.25) is 9.80 Å². The Morgan fingerprint density at radius 3 is 1.21 bits per heavy atom. The predicted molar refractivity (Wildman–Crippen MR) is 119 cm³/mol. The molecule has 0 radical (unpaired) electrons. The van der Waals surface area contributed by atoms with E-state index in [0.29, 0.717) is 0 Å². The fourth-order valence-corrected chi connectivity index (χ4v) is 3.78. The lowest BCUT2D eigenvalue weighted by atomic mass is 10.3. The summed E-state index contributed by atoms with van der Waals surface area (Å²) in [5, 5.41) is 18.1. The molecule has 3 heterocycles. The molecule has 0 aliphatic carbocycles. The molecule has 166 valence electrons. The summed E-state index contributed by atoms with van der Waals surface area (Å²) < 4.78 is 0. The molecular weight excluding hydrogens is 352 g/mol. The molecule has 0 saturated carbocycles. The summed E-state index contributed by atoms with van der Waals surface area (Å²) in [5.74, 6) is 0. The van der Waals surface area contributed by atoms with E-state index < -0.39 is 0 Å². The molecule has 0 amide bonds. The lowest BCUT2D eigenvalue weighted by molar-refractivity contribution is 0.206. The Morgan fingerprint density at radius 2 is 0.786 bits per heavy atom. The van der Waals surface area contributed by atoms with Crippen LogP contribution in [0.25, 0.3) is 0 Å². The molecule has 5 N–H and O–H groups in total. The van der Waals surface area contributed by atoms with Crippen molar-refractivity contribution in [3.63, 3.8) is 0 Å². The highest BCUT2D eigenvalue weighted by Crippen LogP contribution is 1.93. The third-order valence-corrected chi connectivity index (χ3v) is 5.77. The lowest BCUT2D eigenvalue weighted by Crippen LogP contribution is -2.46. The summed E-state index contributed by atoms with van der Waals surface area (Å²) in [6.45, 7) is 23.1. The molecule has 0 spiro atoms. The Hall–Kier alpha value is -0.320. The summed E-state index contributed by atoms with van der Waals surface area (Å²) in [6, 6.07) is 0. The van der Waals surface area contributed by atoms with Gasteiger partial charge in [-0.25, -0.2) is 0 Å². The molecule has 0 unspecified atom stereocenters. The van der Waals surface area contributed by atoms with Gasteiger partial charge in [0.05, 0.1) is 0 Å². The van der Waals surface area contributed by atoms with E-state index in [9.17, 15) is 0 Å². The van der Waals surface area contributed by atoms with Crippen LogP contribution in [0.5, 0.6) is 0 Å². The van der Waals surface area contributed by atoms with Crippen LogP contribution in [0.4, 0.5) is 0 Å². The molecule has 8 heteroatoms. The molecule has 8 nitrogen and oxygen atoms in total. The Labute approximate surface area is 173 Å². The topological polar surface area (TPSA) is 69.9 Å². The van der Waals surface area contributed by atoms with E-state index in [1.165, 1.54) is 0 Å². The van der Waals surface area contributed by atoms with Crippen LogP contribution in [0, 0.1) is 0 Å². The van der Waals surface area contributed by atoms with Gasteiger partial charge in [0.25, 0.3) is 0 Å². The van der Waals surface area contributed by atoms with E-state index in [1.54, 1.807) is 0 Å². The first-order chi connectivity index (χ1) is 13.9. The molecule has 3 rings (SSSR count). The van der Waals surface area contributed by atoms with Crippen molar-refractivity contribution >= 4 is 0 Å². The maximum Gasteiger partial charge on any atom is 0.0110 e. The van der Waals surface area contributed by atoms with Gasteiger partial charge in [0.2, 0.25) is 0 Å². The maximum atomic E-state index is 3.66. The summed E-state index contributed by atoms with van der Waals surface area (Å²) >= 11 is 0. The molecule has 3 aliphatic heterocycles. The first-order valence-electron chi connectivity index (χ1n) is 11.6. The number of likely N-dealkylation sites (N-methyl/N-ethyl adjacent to an activating group) is 1. The summed E-state index contributed by atoms with van der Waals surface area (Å²) in [6.07, 6.45) is 0. The third-order valence-electron chi connectivity index (χ3n) is 5.77. The van der Waals surface area contributed by atoms with E-state index in [4.69, 9.17) is 0 Å². The zero-order valence-electron chi connectivity index (χ0n) is 18.3. The van der Waals surface area contributed by atoms with E-state index in [2.05, 4.69) is 48.2 Å². The monoisotopic (exact) mass is 398 g/mol. The van der Waals surface area contributed by atoms with E-state index in [-0.39, 0.29) is 0 Å². The van der Waals surface area contributed by atoms with Crippen LogP contribution >= 0.6 is 0 Å². The zero-order chi connectivity index (χ0) is 19.7. The average molecular weight is 399 g/mol. The van der Waals surface area contributed by atoms with Crippen molar-refractivity contribution in [1.29, 1.82) is 0 Å². The van der Waals surface area contributed by atoms with Crippen molar-refractivity contribution in [2.45, 2.75) is 6.92 Å². The quantitative estimate of drug-likeness (QED) is 0.344.